The van der Waals surface area contributed by atoms with E-state index in [0.717, 1.165) is 25.4 Å². The number of hydrogen-bond acceptors (Lipinski definition) is 2. The Morgan fingerprint density at radius 3 is 2.93 bits per heavy atom. The van der Waals surface area contributed by atoms with Crippen molar-refractivity contribution in [3.05, 3.63) is 0 Å². The van der Waals surface area contributed by atoms with Gasteiger partial charge in [-0.15, -0.1) is 0 Å². The Balaban J connectivity index is 2.22. The maximum atomic E-state index is 7.16. The maximum absolute atomic E-state index is 7.16. The topological polar surface area (TPSA) is 53.1 Å². The minimum Gasteiger partial charge on any atom is -0.388 e. The normalized spacial score (nSPS) is 24.5. The molecule has 1 heterocycles. The first-order chi connectivity index (χ1) is 6.70. The molecule has 0 saturated carbocycles. The molecule has 1 rings (SSSR count). The van der Waals surface area contributed by atoms with E-state index in [1.54, 1.807) is 0 Å². The monoisotopic (exact) mass is 197 g/mol. The third-order valence-corrected chi connectivity index (χ3v) is 3.08. The van der Waals surface area contributed by atoms with Crippen molar-refractivity contribution in [3.8, 4) is 0 Å². The second kappa shape index (κ2) is 6.02. The molecule has 3 nitrogen and oxygen atoms in total. The van der Waals surface area contributed by atoms with E-state index in [1.165, 1.54) is 32.2 Å². The summed E-state index contributed by atoms with van der Waals surface area (Å²) >= 11 is 0. The van der Waals surface area contributed by atoms with E-state index in [2.05, 4.69) is 11.8 Å². The molecule has 1 saturated heterocycles. The third kappa shape index (κ3) is 4.09. The van der Waals surface area contributed by atoms with E-state index in [0.29, 0.717) is 5.84 Å². The molecule has 0 amide bonds. The molecule has 0 spiro atoms. The van der Waals surface area contributed by atoms with Gasteiger partial charge in [0.2, 0.25) is 0 Å². The van der Waals surface area contributed by atoms with Crippen LogP contribution < -0.4 is 5.73 Å². The molecule has 1 atom stereocenters. The quantitative estimate of drug-likeness (QED) is 0.535. The summed E-state index contributed by atoms with van der Waals surface area (Å²) in [5.74, 6) is 0.326. The predicted octanol–water partition coefficient (Wildman–Crippen LogP) is 1.97. The molecule has 1 unspecified atom stereocenters. The Kier molecular flexibility index (Phi) is 4.94. The molecule has 0 aromatic carbocycles. The Hall–Kier alpha value is -0.570. The number of amidine groups is 1. The van der Waals surface area contributed by atoms with Crippen LogP contribution >= 0.6 is 0 Å². The van der Waals surface area contributed by atoms with E-state index >= 15 is 0 Å². The summed E-state index contributed by atoms with van der Waals surface area (Å²) in [6.45, 7) is 4.67. The van der Waals surface area contributed by atoms with Crippen LogP contribution in [0.4, 0.5) is 0 Å². The van der Waals surface area contributed by atoms with E-state index in [9.17, 15) is 0 Å². The summed E-state index contributed by atoms with van der Waals surface area (Å²) in [4.78, 5) is 2.55. The van der Waals surface area contributed by atoms with Crippen molar-refractivity contribution in [2.75, 3.05) is 13.1 Å². The summed E-state index contributed by atoms with van der Waals surface area (Å²) < 4.78 is 0. The Labute approximate surface area is 87.2 Å². The van der Waals surface area contributed by atoms with Crippen LogP contribution in [0.5, 0.6) is 0 Å². The average molecular weight is 197 g/mol. The molecule has 0 bridgehead atoms. The zero-order valence-electron chi connectivity index (χ0n) is 9.26. The fourth-order valence-electron chi connectivity index (χ4n) is 2.14. The highest BCUT2D eigenvalue weighted by Gasteiger charge is 2.15. The zero-order valence-corrected chi connectivity index (χ0v) is 9.26. The van der Waals surface area contributed by atoms with Gasteiger partial charge in [-0.05, 0) is 39.3 Å². The summed E-state index contributed by atoms with van der Waals surface area (Å²) in [7, 11) is 0. The Morgan fingerprint density at radius 2 is 2.21 bits per heavy atom. The molecule has 1 fully saturated rings. The molecule has 0 aliphatic carbocycles. The molecule has 0 radical (unpaired) electrons. The lowest BCUT2D eigenvalue weighted by Crippen LogP contribution is -2.33. The predicted molar refractivity (Wildman–Crippen MR) is 60.7 cm³/mol. The van der Waals surface area contributed by atoms with Gasteiger partial charge in [0.1, 0.15) is 0 Å². The second-order valence-corrected chi connectivity index (χ2v) is 4.36. The first kappa shape index (κ1) is 11.5. The van der Waals surface area contributed by atoms with Crippen LogP contribution in [0.25, 0.3) is 0 Å². The van der Waals surface area contributed by atoms with E-state index in [-0.39, 0.29) is 0 Å². The molecule has 3 heteroatoms. The summed E-state index contributed by atoms with van der Waals surface area (Å²) in [6, 6.07) is 0.726. The highest BCUT2D eigenvalue weighted by Crippen LogP contribution is 2.16. The van der Waals surface area contributed by atoms with Crippen molar-refractivity contribution in [1.29, 1.82) is 5.41 Å². The van der Waals surface area contributed by atoms with Crippen LogP contribution in [0.3, 0.4) is 0 Å². The van der Waals surface area contributed by atoms with Gasteiger partial charge >= 0.3 is 0 Å². The number of rotatable bonds is 4. The first-order valence-electron chi connectivity index (χ1n) is 5.77. The van der Waals surface area contributed by atoms with Gasteiger partial charge in [-0.1, -0.05) is 12.8 Å². The lowest BCUT2D eigenvalue weighted by molar-refractivity contribution is 0.212. The number of nitrogens with one attached hydrogen (secondary N) is 1. The minimum atomic E-state index is 0.326. The summed E-state index contributed by atoms with van der Waals surface area (Å²) in [5.41, 5.74) is 5.34. The Morgan fingerprint density at radius 1 is 1.43 bits per heavy atom. The van der Waals surface area contributed by atoms with Crippen molar-refractivity contribution in [3.63, 3.8) is 0 Å². The van der Waals surface area contributed by atoms with Crippen molar-refractivity contribution in [1.82, 2.24) is 4.90 Å². The number of nitrogens with two attached hydrogens (primary N) is 1. The van der Waals surface area contributed by atoms with Crippen molar-refractivity contribution in [2.24, 2.45) is 5.73 Å². The SMILES string of the molecule is CC1CCCCCN1CCCC(=N)N. The lowest BCUT2D eigenvalue weighted by Gasteiger charge is -2.26. The van der Waals surface area contributed by atoms with Crippen LogP contribution in [0.15, 0.2) is 0 Å². The van der Waals surface area contributed by atoms with Gasteiger partial charge in [-0.2, -0.15) is 0 Å². The fourth-order valence-corrected chi connectivity index (χ4v) is 2.14. The fraction of sp³-hybridized carbons (Fsp3) is 0.909. The van der Waals surface area contributed by atoms with Gasteiger partial charge in [0.25, 0.3) is 0 Å². The maximum Gasteiger partial charge on any atom is 0.0905 e. The van der Waals surface area contributed by atoms with Crippen LogP contribution in [-0.4, -0.2) is 29.9 Å². The molecule has 1 aliphatic heterocycles. The second-order valence-electron chi connectivity index (χ2n) is 4.36. The third-order valence-electron chi connectivity index (χ3n) is 3.08. The smallest absolute Gasteiger partial charge is 0.0905 e. The highest BCUT2D eigenvalue weighted by molar-refractivity contribution is 5.76. The van der Waals surface area contributed by atoms with Crippen LogP contribution in [0.1, 0.15) is 45.4 Å². The molecular formula is C11H23N3. The van der Waals surface area contributed by atoms with E-state index in [4.69, 9.17) is 11.1 Å². The van der Waals surface area contributed by atoms with Gasteiger partial charge in [0.05, 0.1) is 5.84 Å². The number of likely N-dealkylation sites (tertiary alicyclic amines) is 1. The molecule has 0 aromatic heterocycles. The van der Waals surface area contributed by atoms with Crippen molar-refractivity contribution < 1.29 is 0 Å². The van der Waals surface area contributed by atoms with Crippen LogP contribution in [-0.2, 0) is 0 Å². The van der Waals surface area contributed by atoms with E-state index in [1.807, 2.05) is 0 Å². The van der Waals surface area contributed by atoms with Gasteiger partial charge in [-0.25, -0.2) is 0 Å². The van der Waals surface area contributed by atoms with Crippen molar-refractivity contribution >= 4 is 5.84 Å². The molecule has 0 aromatic rings. The van der Waals surface area contributed by atoms with Gasteiger partial charge in [0.15, 0.2) is 0 Å². The van der Waals surface area contributed by atoms with Gasteiger partial charge in [-0.3, -0.25) is 5.41 Å². The zero-order chi connectivity index (χ0) is 10.4. The molecule has 1 aliphatic rings. The molecular weight excluding hydrogens is 174 g/mol. The standard InChI is InChI=1S/C11H23N3/c1-10-6-3-2-4-8-14(10)9-5-7-11(12)13/h10H,2-9H2,1H3,(H3,12,13). The molecule has 14 heavy (non-hydrogen) atoms. The van der Waals surface area contributed by atoms with Crippen molar-refractivity contribution in [2.45, 2.75) is 51.5 Å². The number of nitrogens with zero attached hydrogens (tertiary/aromatic N) is 1. The van der Waals surface area contributed by atoms with Gasteiger partial charge < -0.3 is 10.6 Å². The largest absolute Gasteiger partial charge is 0.388 e. The highest BCUT2D eigenvalue weighted by atomic mass is 15.1. The number of hydrogen-bond donors (Lipinski definition) is 2. The summed E-state index contributed by atoms with van der Waals surface area (Å²) in [5, 5.41) is 7.16. The van der Waals surface area contributed by atoms with Crippen LogP contribution in [0.2, 0.25) is 0 Å². The molecule has 3 N–H and O–H groups in total. The van der Waals surface area contributed by atoms with Gasteiger partial charge in [0, 0.05) is 12.5 Å². The minimum absolute atomic E-state index is 0.326. The first-order valence-corrected chi connectivity index (χ1v) is 5.77. The molecule has 82 valence electrons. The van der Waals surface area contributed by atoms with E-state index < -0.39 is 0 Å². The Bertz CT molecular complexity index is 179. The van der Waals surface area contributed by atoms with Crippen LogP contribution in [0, 0.1) is 5.41 Å². The lowest BCUT2D eigenvalue weighted by atomic mass is 10.1. The summed E-state index contributed by atoms with van der Waals surface area (Å²) in [6.07, 6.45) is 7.23. The average Bonchev–Trinajstić information content (AvgIpc) is 2.31.